The van der Waals surface area contributed by atoms with Gasteiger partial charge in [-0.15, -0.1) is 0 Å². The van der Waals surface area contributed by atoms with Gasteiger partial charge >= 0.3 is 0 Å². The van der Waals surface area contributed by atoms with Gasteiger partial charge in [0.1, 0.15) is 0 Å². The Morgan fingerprint density at radius 3 is 2.74 bits per heavy atom. The average molecular weight is 370 g/mol. The number of hydrogen-bond acceptors (Lipinski definition) is 5. The number of fused-ring (bicyclic) bond motifs is 1. The Morgan fingerprint density at radius 2 is 2.07 bits per heavy atom. The summed E-state index contributed by atoms with van der Waals surface area (Å²) in [6.45, 7) is 4.84. The van der Waals surface area contributed by atoms with Crippen LogP contribution in [0.15, 0.2) is 10.6 Å². The van der Waals surface area contributed by atoms with E-state index in [-0.39, 0.29) is 5.91 Å². The number of carbonyl (C=O) groups excluding carboxylic acids is 1. The summed E-state index contributed by atoms with van der Waals surface area (Å²) in [5, 5.41) is 8.29. The fourth-order valence-corrected chi connectivity index (χ4v) is 4.14. The molecule has 0 spiro atoms. The smallest absolute Gasteiger partial charge is 0.259 e. The summed E-state index contributed by atoms with van der Waals surface area (Å²) in [6, 6.07) is 2.02. The molecule has 0 radical (unpaired) electrons. The number of carbonyl (C=O) groups is 1. The van der Waals surface area contributed by atoms with Crippen molar-refractivity contribution in [1.82, 2.24) is 20.4 Å². The van der Waals surface area contributed by atoms with E-state index in [9.17, 15) is 4.79 Å². The molecular weight excluding hydrogens is 340 g/mol. The standard InChI is InChI=1S/C21H30N4O2/c1-3-4-17-19-16(13-18(15-5-6-15)23-20(19)27-24-17)21(26)25-11-8-14(9-12-25)7-10-22-2/h13-15,22H,3-12H2,1-2H3. The Labute approximate surface area is 160 Å². The maximum absolute atomic E-state index is 13.4. The van der Waals surface area contributed by atoms with Crippen LogP contribution in [0.25, 0.3) is 11.1 Å². The van der Waals surface area contributed by atoms with Crippen molar-refractivity contribution < 1.29 is 9.32 Å². The average Bonchev–Trinajstić information content (AvgIpc) is 3.48. The summed E-state index contributed by atoms with van der Waals surface area (Å²) in [5.41, 5.74) is 3.15. The highest BCUT2D eigenvalue weighted by Gasteiger charge is 2.31. The molecule has 0 atom stereocenters. The van der Waals surface area contributed by atoms with Gasteiger partial charge in [-0.3, -0.25) is 4.79 Å². The SMILES string of the molecule is CCCc1noc2nc(C3CC3)cc(C(=O)N3CCC(CCNC)CC3)c12. The zero-order valence-electron chi connectivity index (χ0n) is 16.5. The lowest BCUT2D eigenvalue weighted by molar-refractivity contribution is 0.0689. The molecule has 1 saturated carbocycles. The predicted octanol–water partition coefficient (Wildman–Crippen LogP) is 3.51. The highest BCUT2D eigenvalue weighted by atomic mass is 16.5. The maximum Gasteiger partial charge on any atom is 0.259 e. The Hall–Kier alpha value is -1.95. The number of nitrogens with one attached hydrogen (secondary N) is 1. The van der Waals surface area contributed by atoms with Crippen LogP contribution in [0.2, 0.25) is 0 Å². The molecule has 6 heteroatoms. The van der Waals surface area contributed by atoms with Crippen LogP contribution in [0.1, 0.15) is 73.1 Å². The lowest BCUT2D eigenvalue weighted by atomic mass is 9.93. The Balaban J connectivity index is 1.59. The van der Waals surface area contributed by atoms with Crippen molar-refractivity contribution in [2.75, 3.05) is 26.7 Å². The van der Waals surface area contributed by atoms with Gasteiger partial charge in [-0.1, -0.05) is 18.5 Å². The van der Waals surface area contributed by atoms with Crippen molar-refractivity contribution >= 4 is 17.0 Å². The fraction of sp³-hybridized carbons (Fsp3) is 0.667. The first-order chi connectivity index (χ1) is 13.2. The lowest BCUT2D eigenvalue weighted by Gasteiger charge is -2.32. The van der Waals surface area contributed by atoms with Crippen LogP contribution in [-0.4, -0.2) is 47.6 Å². The summed E-state index contributed by atoms with van der Waals surface area (Å²) in [6.07, 6.45) is 7.44. The van der Waals surface area contributed by atoms with Crippen LogP contribution in [-0.2, 0) is 6.42 Å². The van der Waals surface area contributed by atoms with E-state index >= 15 is 0 Å². The first-order valence-corrected chi connectivity index (χ1v) is 10.4. The predicted molar refractivity (Wildman–Crippen MR) is 105 cm³/mol. The summed E-state index contributed by atoms with van der Waals surface area (Å²) in [7, 11) is 2.00. The highest BCUT2D eigenvalue weighted by molar-refractivity contribution is 6.06. The Morgan fingerprint density at radius 1 is 1.30 bits per heavy atom. The van der Waals surface area contributed by atoms with Crippen molar-refractivity contribution in [3.63, 3.8) is 0 Å². The van der Waals surface area contributed by atoms with E-state index < -0.39 is 0 Å². The molecule has 0 aromatic carbocycles. The Kier molecular flexibility index (Phi) is 5.43. The molecule has 1 aliphatic carbocycles. The van der Waals surface area contributed by atoms with E-state index in [1.54, 1.807) is 0 Å². The molecule has 2 aliphatic rings. The molecule has 0 bridgehead atoms. The molecular formula is C21H30N4O2. The van der Waals surface area contributed by atoms with Crippen LogP contribution in [0.4, 0.5) is 0 Å². The summed E-state index contributed by atoms with van der Waals surface area (Å²) in [4.78, 5) is 20.1. The quantitative estimate of drug-likeness (QED) is 0.807. The van der Waals surface area contributed by atoms with E-state index in [0.29, 0.717) is 17.5 Å². The van der Waals surface area contributed by atoms with E-state index in [1.165, 1.54) is 6.42 Å². The van der Waals surface area contributed by atoms with Crippen LogP contribution in [0, 0.1) is 5.92 Å². The van der Waals surface area contributed by atoms with Crippen LogP contribution in [0.5, 0.6) is 0 Å². The molecule has 1 aliphatic heterocycles. The van der Waals surface area contributed by atoms with Gasteiger partial charge in [-0.2, -0.15) is 0 Å². The van der Waals surface area contributed by atoms with Gasteiger partial charge in [0.2, 0.25) is 0 Å². The van der Waals surface area contributed by atoms with Gasteiger partial charge in [0.25, 0.3) is 11.6 Å². The van der Waals surface area contributed by atoms with Crippen molar-refractivity contribution in [1.29, 1.82) is 0 Å². The third kappa shape index (κ3) is 3.86. The molecule has 4 rings (SSSR count). The summed E-state index contributed by atoms with van der Waals surface area (Å²) >= 11 is 0. The van der Waals surface area contributed by atoms with Gasteiger partial charge in [-0.05, 0) is 64.1 Å². The molecule has 3 heterocycles. The number of aryl methyl sites for hydroxylation is 1. The van der Waals surface area contributed by atoms with Gasteiger partial charge in [0.05, 0.1) is 16.6 Å². The first kappa shape index (κ1) is 18.4. The zero-order chi connectivity index (χ0) is 18.8. The molecule has 2 aromatic heterocycles. The second-order valence-electron chi connectivity index (χ2n) is 8.06. The van der Waals surface area contributed by atoms with Gasteiger partial charge in [0.15, 0.2) is 0 Å². The minimum absolute atomic E-state index is 0.122. The Bertz CT molecular complexity index is 804. The molecule has 146 valence electrons. The van der Waals surface area contributed by atoms with Gasteiger partial charge in [-0.25, -0.2) is 4.98 Å². The van der Waals surface area contributed by atoms with Gasteiger partial charge in [0, 0.05) is 24.7 Å². The van der Waals surface area contributed by atoms with Gasteiger partial charge < -0.3 is 14.7 Å². The number of piperidine rings is 1. The number of aromatic nitrogens is 2. The summed E-state index contributed by atoms with van der Waals surface area (Å²) in [5.74, 6) is 1.32. The second-order valence-corrected chi connectivity index (χ2v) is 8.06. The minimum atomic E-state index is 0.122. The fourth-order valence-electron chi connectivity index (χ4n) is 4.14. The molecule has 1 amide bonds. The van der Waals surface area contributed by atoms with Crippen LogP contribution >= 0.6 is 0 Å². The molecule has 2 fully saturated rings. The van der Waals surface area contributed by atoms with E-state index in [1.807, 2.05) is 18.0 Å². The van der Waals surface area contributed by atoms with Crippen LogP contribution in [0.3, 0.4) is 0 Å². The largest absolute Gasteiger partial charge is 0.339 e. The summed E-state index contributed by atoms with van der Waals surface area (Å²) < 4.78 is 5.52. The van der Waals surface area contributed by atoms with Crippen molar-refractivity contribution in [2.45, 2.75) is 57.8 Å². The highest BCUT2D eigenvalue weighted by Crippen LogP contribution is 2.41. The molecule has 27 heavy (non-hydrogen) atoms. The first-order valence-electron chi connectivity index (χ1n) is 10.4. The number of nitrogens with zero attached hydrogens (tertiary/aromatic N) is 3. The molecule has 1 saturated heterocycles. The number of hydrogen-bond donors (Lipinski definition) is 1. The number of pyridine rings is 1. The second kappa shape index (κ2) is 7.97. The van der Waals surface area contributed by atoms with E-state index in [2.05, 4.69) is 22.4 Å². The molecule has 2 aromatic rings. The van der Waals surface area contributed by atoms with Crippen LogP contribution < -0.4 is 5.32 Å². The molecule has 6 nitrogen and oxygen atoms in total. The molecule has 1 N–H and O–H groups in total. The van der Waals surface area contributed by atoms with Crippen molar-refractivity contribution in [3.8, 4) is 0 Å². The monoisotopic (exact) mass is 370 g/mol. The molecule has 0 unspecified atom stereocenters. The maximum atomic E-state index is 13.4. The van der Waals surface area contributed by atoms with E-state index in [4.69, 9.17) is 4.52 Å². The van der Waals surface area contributed by atoms with E-state index in [0.717, 1.165) is 80.5 Å². The minimum Gasteiger partial charge on any atom is -0.339 e. The third-order valence-electron chi connectivity index (χ3n) is 5.95. The van der Waals surface area contributed by atoms with Crippen molar-refractivity contribution in [3.05, 3.63) is 23.0 Å². The third-order valence-corrected chi connectivity index (χ3v) is 5.95. The zero-order valence-corrected chi connectivity index (χ0v) is 16.5. The normalized spacial score (nSPS) is 18.4. The number of likely N-dealkylation sites (tertiary alicyclic amines) is 1. The number of rotatable bonds is 7. The van der Waals surface area contributed by atoms with Crippen molar-refractivity contribution in [2.24, 2.45) is 5.92 Å². The number of amides is 1. The lowest BCUT2D eigenvalue weighted by Crippen LogP contribution is -2.39. The topological polar surface area (TPSA) is 71.3 Å².